The minimum atomic E-state index is -1.88. The number of aliphatic hydroxyl groups excluding tert-OH is 1. The van der Waals surface area contributed by atoms with E-state index >= 15 is 0 Å². The summed E-state index contributed by atoms with van der Waals surface area (Å²) in [7, 11) is 1.32. The molecular weight excluding hydrogens is 164 g/mol. The van der Waals surface area contributed by atoms with Gasteiger partial charge in [-0.2, -0.15) is 0 Å². The van der Waals surface area contributed by atoms with Crippen molar-refractivity contribution >= 4 is 11.9 Å². The summed E-state index contributed by atoms with van der Waals surface area (Å²) < 4.78 is 0. The van der Waals surface area contributed by atoms with Crippen LogP contribution >= 0.6 is 0 Å². The fraction of sp³-hybridized carbons (Fsp3) is 0.667. The van der Waals surface area contributed by atoms with E-state index < -0.39 is 23.8 Å². The van der Waals surface area contributed by atoms with Crippen LogP contribution in [0.15, 0.2) is 0 Å². The molecule has 1 aliphatic rings. The summed E-state index contributed by atoms with van der Waals surface area (Å²) in [6.07, 6.45) is -1.88. The molecule has 68 valence electrons. The molecule has 1 heterocycles. The normalized spacial score (nSPS) is 29.9. The van der Waals surface area contributed by atoms with Crippen molar-refractivity contribution in [1.82, 2.24) is 10.2 Å². The van der Waals surface area contributed by atoms with Gasteiger partial charge in [0.2, 0.25) is 0 Å². The molecule has 1 fully saturated rings. The van der Waals surface area contributed by atoms with E-state index in [-0.39, 0.29) is 0 Å². The number of hydrogen-bond donors (Lipinski definition) is 3. The molecule has 12 heavy (non-hydrogen) atoms. The van der Waals surface area contributed by atoms with Gasteiger partial charge < -0.3 is 15.1 Å². The Hall–Kier alpha value is -1.14. The molecule has 1 unspecified atom stereocenters. The summed E-state index contributed by atoms with van der Waals surface area (Å²) >= 11 is 0. The third-order valence-corrected chi connectivity index (χ3v) is 2.18. The second-order valence-electron chi connectivity index (χ2n) is 2.84. The van der Waals surface area contributed by atoms with Gasteiger partial charge in [-0.05, 0) is 6.92 Å². The van der Waals surface area contributed by atoms with Crippen molar-refractivity contribution in [2.75, 3.05) is 7.05 Å². The third kappa shape index (κ3) is 0.886. The molecule has 1 aliphatic heterocycles. The van der Waals surface area contributed by atoms with Crippen LogP contribution in [0.4, 0.5) is 4.79 Å². The number of hydrogen-bond acceptors (Lipinski definition) is 4. The lowest BCUT2D eigenvalue weighted by Crippen LogP contribution is -2.54. The highest BCUT2D eigenvalue weighted by Gasteiger charge is 2.52. The molecule has 3 amide bonds. The lowest BCUT2D eigenvalue weighted by Gasteiger charge is -2.29. The SMILES string of the molecule is CN1C(=O)NC(=O)C1(C)C(O)O. The topological polar surface area (TPSA) is 89.9 Å². The Morgan fingerprint density at radius 1 is 1.50 bits per heavy atom. The van der Waals surface area contributed by atoms with Crippen LogP contribution in [0.3, 0.4) is 0 Å². The fourth-order valence-corrected chi connectivity index (χ4v) is 0.961. The van der Waals surface area contributed by atoms with E-state index in [4.69, 9.17) is 10.2 Å². The number of carbonyl (C=O) groups is 2. The summed E-state index contributed by atoms with van der Waals surface area (Å²) in [6, 6.07) is -0.629. The van der Waals surface area contributed by atoms with Crippen LogP contribution in [0.1, 0.15) is 6.92 Å². The van der Waals surface area contributed by atoms with E-state index in [0.29, 0.717) is 0 Å². The molecule has 0 saturated carbocycles. The molecule has 6 nitrogen and oxygen atoms in total. The average molecular weight is 174 g/mol. The Balaban J connectivity index is 3.03. The van der Waals surface area contributed by atoms with Gasteiger partial charge in [0.15, 0.2) is 11.8 Å². The Morgan fingerprint density at radius 2 is 2.00 bits per heavy atom. The second-order valence-corrected chi connectivity index (χ2v) is 2.84. The van der Waals surface area contributed by atoms with Crippen molar-refractivity contribution in [1.29, 1.82) is 0 Å². The number of nitrogens with zero attached hydrogens (tertiary/aromatic N) is 1. The molecule has 6 heteroatoms. The number of rotatable bonds is 1. The van der Waals surface area contributed by atoms with Crippen LogP contribution in [0, 0.1) is 0 Å². The fourth-order valence-electron chi connectivity index (χ4n) is 0.961. The summed E-state index contributed by atoms with van der Waals surface area (Å²) in [5.41, 5.74) is -1.57. The zero-order valence-electron chi connectivity index (χ0n) is 6.74. The maximum absolute atomic E-state index is 11.1. The van der Waals surface area contributed by atoms with Crippen molar-refractivity contribution in [3.8, 4) is 0 Å². The standard InChI is InChI=1S/C6H10N2O4/c1-6(4(10)11)3(9)7-5(12)8(6)2/h4,10-11H,1-2H3,(H,7,9,12). The van der Waals surface area contributed by atoms with Crippen molar-refractivity contribution in [2.24, 2.45) is 0 Å². The first kappa shape index (κ1) is 8.95. The molecule has 1 atom stereocenters. The van der Waals surface area contributed by atoms with Crippen LogP contribution in [-0.4, -0.2) is 45.9 Å². The summed E-state index contributed by atoms with van der Waals surface area (Å²) in [4.78, 5) is 22.9. The molecule has 0 aromatic heterocycles. The number of likely N-dealkylation sites (N-methyl/N-ethyl adjacent to an activating group) is 1. The van der Waals surface area contributed by atoms with Gasteiger partial charge in [0, 0.05) is 7.05 Å². The first-order chi connectivity index (χ1) is 5.40. The van der Waals surface area contributed by atoms with Crippen LogP contribution in [0.25, 0.3) is 0 Å². The highest BCUT2D eigenvalue weighted by atomic mass is 16.5. The Bertz CT molecular complexity index is 240. The van der Waals surface area contributed by atoms with Crippen molar-refractivity contribution in [3.63, 3.8) is 0 Å². The first-order valence-electron chi connectivity index (χ1n) is 3.36. The van der Waals surface area contributed by atoms with Gasteiger partial charge in [0.1, 0.15) is 0 Å². The zero-order valence-corrected chi connectivity index (χ0v) is 6.74. The summed E-state index contributed by atoms with van der Waals surface area (Å²) in [6.45, 7) is 1.28. The average Bonchev–Trinajstić information content (AvgIpc) is 2.16. The van der Waals surface area contributed by atoms with Gasteiger partial charge in [0.25, 0.3) is 5.91 Å². The van der Waals surface area contributed by atoms with E-state index in [1.807, 2.05) is 5.32 Å². The molecule has 0 spiro atoms. The quantitative estimate of drug-likeness (QED) is 0.324. The van der Waals surface area contributed by atoms with Gasteiger partial charge in [0.05, 0.1) is 0 Å². The van der Waals surface area contributed by atoms with Crippen LogP contribution < -0.4 is 5.32 Å². The molecule has 0 aromatic carbocycles. The number of amides is 3. The monoisotopic (exact) mass is 174 g/mol. The molecule has 3 N–H and O–H groups in total. The lowest BCUT2D eigenvalue weighted by molar-refractivity contribution is -0.153. The van der Waals surface area contributed by atoms with Crippen LogP contribution in [-0.2, 0) is 4.79 Å². The molecule has 0 radical (unpaired) electrons. The number of aliphatic hydroxyl groups is 2. The molecular formula is C6H10N2O4. The van der Waals surface area contributed by atoms with Crippen LogP contribution in [0.2, 0.25) is 0 Å². The molecule has 1 saturated heterocycles. The van der Waals surface area contributed by atoms with E-state index in [0.717, 1.165) is 4.90 Å². The van der Waals surface area contributed by atoms with Gasteiger partial charge >= 0.3 is 6.03 Å². The predicted octanol–water partition coefficient (Wildman–Crippen LogP) is -1.76. The largest absolute Gasteiger partial charge is 0.366 e. The number of nitrogens with one attached hydrogen (secondary N) is 1. The molecule has 0 bridgehead atoms. The van der Waals surface area contributed by atoms with Gasteiger partial charge in [-0.15, -0.1) is 0 Å². The minimum Gasteiger partial charge on any atom is -0.366 e. The van der Waals surface area contributed by atoms with Crippen molar-refractivity contribution < 1.29 is 19.8 Å². The predicted molar refractivity (Wildman–Crippen MR) is 37.9 cm³/mol. The zero-order chi connectivity index (χ0) is 9.52. The molecule has 1 rings (SSSR count). The highest BCUT2D eigenvalue weighted by Crippen LogP contribution is 2.22. The maximum Gasteiger partial charge on any atom is 0.324 e. The maximum atomic E-state index is 11.1. The van der Waals surface area contributed by atoms with Crippen molar-refractivity contribution in [3.05, 3.63) is 0 Å². The summed E-state index contributed by atoms with van der Waals surface area (Å²) in [5, 5.41) is 19.7. The van der Waals surface area contributed by atoms with E-state index in [1.54, 1.807) is 0 Å². The van der Waals surface area contributed by atoms with E-state index in [9.17, 15) is 9.59 Å². The number of carbonyl (C=O) groups excluding carboxylic acids is 2. The smallest absolute Gasteiger partial charge is 0.324 e. The van der Waals surface area contributed by atoms with E-state index in [1.165, 1.54) is 14.0 Å². The molecule has 0 aromatic rings. The first-order valence-corrected chi connectivity index (χ1v) is 3.36. The minimum absolute atomic E-state index is 0.629. The molecule has 0 aliphatic carbocycles. The Kier molecular flexibility index (Phi) is 1.81. The Labute approximate surface area is 68.8 Å². The van der Waals surface area contributed by atoms with Crippen molar-refractivity contribution in [2.45, 2.75) is 18.8 Å². The lowest BCUT2D eigenvalue weighted by atomic mass is 10.0. The third-order valence-electron chi connectivity index (χ3n) is 2.18. The van der Waals surface area contributed by atoms with Gasteiger partial charge in [-0.1, -0.05) is 0 Å². The number of urea groups is 1. The van der Waals surface area contributed by atoms with Gasteiger partial charge in [-0.3, -0.25) is 10.1 Å². The number of imide groups is 1. The highest BCUT2D eigenvalue weighted by molar-refractivity contribution is 6.06. The second kappa shape index (κ2) is 2.43. The summed E-state index contributed by atoms with van der Waals surface area (Å²) in [5.74, 6) is -0.704. The Morgan fingerprint density at radius 3 is 2.17 bits per heavy atom. The van der Waals surface area contributed by atoms with Crippen LogP contribution in [0.5, 0.6) is 0 Å². The van der Waals surface area contributed by atoms with E-state index in [2.05, 4.69) is 0 Å². The van der Waals surface area contributed by atoms with Gasteiger partial charge in [-0.25, -0.2) is 4.79 Å².